The van der Waals surface area contributed by atoms with E-state index < -0.39 is 17.7 Å². The molecular weight excluding hydrogens is 274 g/mol. The van der Waals surface area contributed by atoms with Gasteiger partial charge in [-0.1, -0.05) is 12.1 Å². The zero-order valence-corrected chi connectivity index (χ0v) is 12.7. The molecule has 0 saturated heterocycles. The lowest BCUT2D eigenvalue weighted by Crippen LogP contribution is -2.06. The van der Waals surface area contributed by atoms with Crippen LogP contribution in [-0.2, 0) is 13.5 Å². The summed E-state index contributed by atoms with van der Waals surface area (Å²) in [5.41, 5.74) is 3.22. The third-order valence-corrected chi connectivity index (χ3v) is 3.99. The number of aromatic nitrogens is 2. The molecule has 21 heavy (non-hydrogen) atoms. The fraction of sp³-hybridized carbons (Fsp3) is 0.438. The molecule has 5 heteroatoms. The van der Waals surface area contributed by atoms with Crippen molar-refractivity contribution in [2.24, 2.45) is 7.05 Å². The van der Waals surface area contributed by atoms with Gasteiger partial charge in [0.25, 0.3) is 0 Å². The molecule has 3 nitrogen and oxygen atoms in total. The fourth-order valence-electron chi connectivity index (χ4n) is 2.53. The normalized spacial score (nSPS) is 12.7. The van der Waals surface area contributed by atoms with Crippen LogP contribution in [0.15, 0.2) is 12.1 Å². The van der Waals surface area contributed by atoms with Crippen LogP contribution >= 0.6 is 0 Å². The molecule has 0 spiro atoms. The first-order chi connectivity index (χ1) is 9.82. The standard InChI is InChI=1S/C16H20F2N2O/c1-9-5-6-13(16(18)15(9)17)14(21)8-7-12-10(2)19-20(4)11(12)3/h5-6,14,21H,7-8H2,1-4H3. The van der Waals surface area contributed by atoms with E-state index in [1.165, 1.54) is 19.1 Å². The average Bonchev–Trinajstić information content (AvgIpc) is 2.67. The SMILES string of the molecule is Cc1ccc(C(O)CCc2c(C)nn(C)c2C)c(F)c1F. The molecule has 0 amide bonds. The molecule has 2 aromatic rings. The Morgan fingerprint density at radius 3 is 2.43 bits per heavy atom. The molecule has 1 atom stereocenters. The Kier molecular flexibility index (Phi) is 4.42. The Bertz CT molecular complexity index is 665. The highest BCUT2D eigenvalue weighted by Gasteiger charge is 2.19. The first-order valence-electron chi connectivity index (χ1n) is 6.94. The zero-order valence-electron chi connectivity index (χ0n) is 12.7. The molecule has 0 bridgehead atoms. The van der Waals surface area contributed by atoms with Gasteiger partial charge in [-0.25, -0.2) is 8.78 Å². The summed E-state index contributed by atoms with van der Waals surface area (Å²) in [5, 5.41) is 14.4. The topological polar surface area (TPSA) is 38.1 Å². The smallest absolute Gasteiger partial charge is 0.164 e. The van der Waals surface area contributed by atoms with Crippen LogP contribution in [0.25, 0.3) is 0 Å². The van der Waals surface area contributed by atoms with Crippen molar-refractivity contribution >= 4 is 0 Å². The molecule has 0 saturated carbocycles. The molecule has 114 valence electrons. The summed E-state index contributed by atoms with van der Waals surface area (Å²) >= 11 is 0. The lowest BCUT2D eigenvalue weighted by Gasteiger charge is -2.13. The minimum absolute atomic E-state index is 0.0114. The highest BCUT2D eigenvalue weighted by Crippen LogP contribution is 2.26. The lowest BCUT2D eigenvalue weighted by molar-refractivity contribution is 0.162. The number of hydrogen-bond acceptors (Lipinski definition) is 2. The molecule has 1 aromatic carbocycles. The molecule has 1 aromatic heterocycles. The zero-order chi connectivity index (χ0) is 15.7. The molecule has 1 N–H and O–H groups in total. The van der Waals surface area contributed by atoms with Crippen molar-refractivity contribution in [3.05, 3.63) is 51.8 Å². The van der Waals surface area contributed by atoms with E-state index in [4.69, 9.17) is 0 Å². The number of aliphatic hydroxyl groups excluding tert-OH is 1. The van der Waals surface area contributed by atoms with E-state index in [9.17, 15) is 13.9 Å². The van der Waals surface area contributed by atoms with E-state index in [1.54, 1.807) is 4.68 Å². The highest BCUT2D eigenvalue weighted by molar-refractivity contribution is 5.28. The number of nitrogens with zero attached hydrogens (tertiary/aromatic N) is 2. The summed E-state index contributed by atoms with van der Waals surface area (Å²) < 4.78 is 29.2. The Hall–Kier alpha value is -1.75. The molecule has 1 unspecified atom stereocenters. The van der Waals surface area contributed by atoms with Crippen molar-refractivity contribution in [2.75, 3.05) is 0 Å². The monoisotopic (exact) mass is 294 g/mol. The molecule has 0 aliphatic carbocycles. The number of aliphatic hydroxyl groups is 1. The van der Waals surface area contributed by atoms with Gasteiger partial charge in [-0.15, -0.1) is 0 Å². The van der Waals surface area contributed by atoms with E-state index in [0.717, 1.165) is 17.0 Å². The van der Waals surface area contributed by atoms with Gasteiger partial charge in [-0.2, -0.15) is 5.10 Å². The summed E-state index contributed by atoms with van der Waals surface area (Å²) in [7, 11) is 1.86. The quantitative estimate of drug-likeness (QED) is 0.939. The van der Waals surface area contributed by atoms with Crippen molar-refractivity contribution in [3.63, 3.8) is 0 Å². The van der Waals surface area contributed by atoms with Crippen LogP contribution in [0.2, 0.25) is 0 Å². The van der Waals surface area contributed by atoms with Crippen molar-refractivity contribution < 1.29 is 13.9 Å². The van der Waals surface area contributed by atoms with Crippen molar-refractivity contribution in [1.29, 1.82) is 0 Å². The van der Waals surface area contributed by atoms with Crippen LogP contribution in [0.4, 0.5) is 8.78 Å². The first kappa shape index (κ1) is 15.6. The van der Waals surface area contributed by atoms with E-state index in [0.29, 0.717) is 12.8 Å². The predicted octanol–water partition coefficient (Wildman–Crippen LogP) is 3.29. The maximum Gasteiger partial charge on any atom is 0.164 e. The molecule has 0 fully saturated rings. The van der Waals surface area contributed by atoms with Gasteiger partial charge in [-0.05, 0) is 44.7 Å². The summed E-state index contributed by atoms with van der Waals surface area (Å²) in [5.74, 6) is -1.84. The summed E-state index contributed by atoms with van der Waals surface area (Å²) in [6.07, 6.45) is -0.131. The number of halogens is 2. The fourth-order valence-corrected chi connectivity index (χ4v) is 2.53. The number of aryl methyl sites for hydroxylation is 3. The number of hydrogen-bond donors (Lipinski definition) is 1. The van der Waals surface area contributed by atoms with Crippen LogP contribution in [0, 0.1) is 32.4 Å². The lowest BCUT2D eigenvalue weighted by atomic mass is 9.99. The summed E-state index contributed by atoms with van der Waals surface area (Å²) in [6.45, 7) is 5.35. The first-order valence-corrected chi connectivity index (χ1v) is 6.94. The third-order valence-electron chi connectivity index (χ3n) is 3.99. The highest BCUT2D eigenvalue weighted by atomic mass is 19.2. The molecule has 1 heterocycles. The largest absolute Gasteiger partial charge is 0.388 e. The molecule has 0 aliphatic heterocycles. The van der Waals surface area contributed by atoms with Crippen LogP contribution < -0.4 is 0 Å². The van der Waals surface area contributed by atoms with Crippen molar-refractivity contribution in [1.82, 2.24) is 9.78 Å². The second-order valence-corrected chi connectivity index (χ2v) is 5.43. The Labute approximate surface area is 123 Å². The number of benzene rings is 1. The second kappa shape index (κ2) is 5.93. The molecular formula is C16H20F2N2O. The average molecular weight is 294 g/mol. The molecule has 0 radical (unpaired) electrons. The van der Waals surface area contributed by atoms with Gasteiger partial charge in [-0.3, -0.25) is 4.68 Å². The maximum absolute atomic E-state index is 13.8. The predicted molar refractivity (Wildman–Crippen MR) is 77.1 cm³/mol. The summed E-state index contributed by atoms with van der Waals surface area (Å²) in [4.78, 5) is 0. The van der Waals surface area contributed by atoms with Gasteiger partial charge < -0.3 is 5.11 Å². The van der Waals surface area contributed by atoms with Crippen LogP contribution in [-0.4, -0.2) is 14.9 Å². The van der Waals surface area contributed by atoms with E-state index in [1.807, 2.05) is 20.9 Å². The van der Waals surface area contributed by atoms with Crippen LogP contribution in [0.1, 0.15) is 40.6 Å². The Morgan fingerprint density at radius 1 is 1.19 bits per heavy atom. The van der Waals surface area contributed by atoms with E-state index >= 15 is 0 Å². The minimum atomic E-state index is -1.03. The second-order valence-electron chi connectivity index (χ2n) is 5.43. The minimum Gasteiger partial charge on any atom is -0.388 e. The van der Waals surface area contributed by atoms with Gasteiger partial charge in [0.05, 0.1) is 11.8 Å². The van der Waals surface area contributed by atoms with E-state index in [-0.39, 0.29) is 11.1 Å². The third kappa shape index (κ3) is 2.97. The van der Waals surface area contributed by atoms with Crippen LogP contribution in [0.3, 0.4) is 0 Å². The van der Waals surface area contributed by atoms with Gasteiger partial charge >= 0.3 is 0 Å². The Balaban J connectivity index is 2.16. The summed E-state index contributed by atoms with van der Waals surface area (Å²) in [6, 6.07) is 2.93. The van der Waals surface area contributed by atoms with Crippen LogP contribution in [0.5, 0.6) is 0 Å². The molecule has 2 rings (SSSR count). The number of rotatable bonds is 4. The van der Waals surface area contributed by atoms with E-state index in [2.05, 4.69) is 5.10 Å². The van der Waals surface area contributed by atoms with Gasteiger partial charge in [0.15, 0.2) is 11.6 Å². The Morgan fingerprint density at radius 2 is 1.86 bits per heavy atom. The van der Waals surface area contributed by atoms with Crippen molar-refractivity contribution in [3.8, 4) is 0 Å². The van der Waals surface area contributed by atoms with Gasteiger partial charge in [0, 0.05) is 18.3 Å². The van der Waals surface area contributed by atoms with Gasteiger partial charge in [0.2, 0.25) is 0 Å². The molecule has 0 aliphatic rings. The maximum atomic E-state index is 13.8. The van der Waals surface area contributed by atoms with Gasteiger partial charge in [0.1, 0.15) is 0 Å². The van der Waals surface area contributed by atoms with Crippen molar-refractivity contribution in [2.45, 2.75) is 39.7 Å².